The molecular formula is C26H30N6O3S. The number of nitrogens with zero attached hydrogens (tertiary/aromatic N) is 4. The van der Waals surface area contributed by atoms with Crippen LogP contribution in [0.5, 0.6) is 0 Å². The van der Waals surface area contributed by atoms with E-state index >= 15 is 0 Å². The van der Waals surface area contributed by atoms with Gasteiger partial charge in [0.1, 0.15) is 5.82 Å². The molecule has 2 heterocycles. The number of aromatic nitrogens is 2. The van der Waals surface area contributed by atoms with E-state index in [1.54, 1.807) is 18.8 Å². The summed E-state index contributed by atoms with van der Waals surface area (Å²) in [4.78, 5) is 37.2. The molecule has 9 nitrogen and oxygen atoms in total. The van der Waals surface area contributed by atoms with Crippen LogP contribution in [0.25, 0.3) is 11.4 Å². The van der Waals surface area contributed by atoms with E-state index in [0.29, 0.717) is 30.5 Å². The molecule has 1 saturated heterocycles. The molecule has 1 atom stereocenters. The van der Waals surface area contributed by atoms with Crippen LogP contribution >= 0.6 is 11.8 Å². The first-order valence-electron chi connectivity index (χ1n) is 11.7. The van der Waals surface area contributed by atoms with Crippen molar-refractivity contribution < 1.29 is 14.3 Å². The normalized spacial score (nSPS) is 15.4. The van der Waals surface area contributed by atoms with E-state index in [1.165, 1.54) is 11.8 Å². The van der Waals surface area contributed by atoms with E-state index < -0.39 is 6.03 Å². The Kier molecular flexibility index (Phi) is 8.07. The lowest BCUT2D eigenvalue weighted by molar-refractivity contribution is -0.114. The Morgan fingerprint density at radius 1 is 1.17 bits per heavy atom. The summed E-state index contributed by atoms with van der Waals surface area (Å²) in [5.74, 6) is 2.05. The zero-order valence-corrected chi connectivity index (χ0v) is 21.4. The van der Waals surface area contributed by atoms with Crippen molar-refractivity contribution >= 4 is 40.9 Å². The molecule has 0 unspecified atom stereocenters. The topological polar surface area (TPSA) is 114 Å². The number of primary amides is 1. The number of hydrogen-bond acceptors (Lipinski definition) is 7. The maximum absolute atomic E-state index is 11.5. The Balaban J connectivity index is 1.60. The lowest BCUT2D eigenvalue weighted by Gasteiger charge is -2.34. The van der Waals surface area contributed by atoms with E-state index in [-0.39, 0.29) is 11.9 Å². The van der Waals surface area contributed by atoms with Crippen molar-refractivity contribution in [2.45, 2.75) is 30.5 Å². The molecular weight excluding hydrogens is 476 g/mol. The van der Waals surface area contributed by atoms with Gasteiger partial charge >= 0.3 is 6.03 Å². The minimum absolute atomic E-state index is 0.0944. The highest BCUT2D eigenvalue weighted by Crippen LogP contribution is 2.29. The van der Waals surface area contributed by atoms with Crippen LogP contribution in [0.4, 0.5) is 22.0 Å². The van der Waals surface area contributed by atoms with E-state index in [4.69, 9.17) is 20.4 Å². The molecule has 1 aliphatic rings. The molecule has 1 fully saturated rings. The fourth-order valence-corrected chi connectivity index (χ4v) is 4.65. The average molecular weight is 507 g/mol. The number of carbonyl (C=O) groups excluding carboxylic acids is 2. The van der Waals surface area contributed by atoms with Gasteiger partial charge in [-0.3, -0.25) is 9.69 Å². The third-order valence-electron chi connectivity index (χ3n) is 5.83. The number of carbonyl (C=O) groups is 2. The van der Waals surface area contributed by atoms with Gasteiger partial charge in [-0.2, -0.15) is 0 Å². The van der Waals surface area contributed by atoms with Gasteiger partial charge in [-0.1, -0.05) is 0 Å². The van der Waals surface area contributed by atoms with Crippen LogP contribution in [-0.4, -0.2) is 54.8 Å². The summed E-state index contributed by atoms with van der Waals surface area (Å²) in [6, 6.07) is 16.9. The zero-order chi connectivity index (χ0) is 25.7. The number of nitrogens with one attached hydrogen (secondary N) is 1. The van der Waals surface area contributed by atoms with Crippen molar-refractivity contribution in [3.05, 3.63) is 60.3 Å². The van der Waals surface area contributed by atoms with Crippen molar-refractivity contribution in [2.75, 3.05) is 41.9 Å². The minimum atomic E-state index is -0.522. The lowest BCUT2D eigenvalue weighted by atomic mass is 10.1. The van der Waals surface area contributed by atoms with Crippen molar-refractivity contribution in [1.29, 1.82) is 0 Å². The van der Waals surface area contributed by atoms with E-state index in [9.17, 15) is 9.59 Å². The monoisotopic (exact) mass is 506 g/mol. The number of hydrogen-bond donors (Lipinski definition) is 2. The number of anilines is 3. The molecule has 1 aromatic heterocycles. The molecule has 0 aliphatic carbocycles. The molecule has 1 aliphatic heterocycles. The molecule has 3 amide bonds. The van der Waals surface area contributed by atoms with Crippen LogP contribution in [0, 0.1) is 0 Å². The predicted molar refractivity (Wildman–Crippen MR) is 143 cm³/mol. The smallest absolute Gasteiger partial charge is 0.318 e. The second-order valence-electron chi connectivity index (χ2n) is 8.60. The molecule has 0 spiro atoms. The van der Waals surface area contributed by atoms with Gasteiger partial charge in [0.2, 0.25) is 5.91 Å². The number of rotatable bonds is 7. The highest BCUT2D eigenvalue weighted by molar-refractivity contribution is 7.98. The van der Waals surface area contributed by atoms with Crippen LogP contribution in [0.2, 0.25) is 0 Å². The van der Waals surface area contributed by atoms with Crippen LogP contribution < -0.4 is 20.9 Å². The molecule has 188 valence electrons. The second-order valence-corrected chi connectivity index (χ2v) is 9.65. The first kappa shape index (κ1) is 25.5. The summed E-state index contributed by atoms with van der Waals surface area (Å²) in [5.41, 5.74) is 8.61. The van der Waals surface area contributed by atoms with Gasteiger partial charge in [-0.25, -0.2) is 14.8 Å². The fourth-order valence-electron chi connectivity index (χ4n) is 3.86. The molecule has 4 rings (SSSR count). The Morgan fingerprint density at radius 2 is 1.89 bits per heavy atom. The summed E-state index contributed by atoms with van der Waals surface area (Å²) in [7, 11) is 1.63. The van der Waals surface area contributed by atoms with E-state index in [0.717, 1.165) is 34.2 Å². The van der Waals surface area contributed by atoms with Crippen molar-refractivity contribution in [3.8, 4) is 11.4 Å². The summed E-state index contributed by atoms with van der Waals surface area (Å²) in [5, 5.41) is 2.78. The van der Waals surface area contributed by atoms with E-state index in [2.05, 4.69) is 17.1 Å². The Morgan fingerprint density at radius 3 is 2.53 bits per heavy atom. The third-order valence-corrected chi connectivity index (χ3v) is 6.88. The van der Waals surface area contributed by atoms with E-state index in [1.807, 2.05) is 54.6 Å². The zero-order valence-electron chi connectivity index (χ0n) is 20.6. The van der Waals surface area contributed by atoms with Crippen molar-refractivity contribution in [1.82, 2.24) is 9.97 Å². The SMILES string of the molecule is CC(=O)Nc1ccc(SCc2cc(N3CCOC[C@@H]3C)nc(-c3ccc(N(C)C(N)=O)cc3)n2)cc1. The van der Waals surface area contributed by atoms with Gasteiger partial charge in [-0.15, -0.1) is 11.8 Å². The average Bonchev–Trinajstić information content (AvgIpc) is 2.87. The quantitative estimate of drug-likeness (QED) is 0.463. The fraction of sp³-hybridized carbons (Fsp3) is 0.308. The predicted octanol–water partition coefficient (Wildman–Crippen LogP) is 4.13. The van der Waals surface area contributed by atoms with Crippen LogP contribution in [-0.2, 0) is 15.3 Å². The highest BCUT2D eigenvalue weighted by Gasteiger charge is 2.22. The number of thioether (sulfide) groups is 1. The van der Waals surface area contributed by atoms with Gasteiger partial charge in [0, 0.05) is 54.2 Å². The van der Waals surface area contributed by atoms with Crippen molar-refractivity contribution in [2.24, 2.45) is 5.73 Å². The Hall–Kier alpha value is -3.63. The molecule has 0 bridgehead atoms. The molecule has 3 N–H and O–H groups in total. The van der Waals surface area contributed by atoms with Gasteiger partial charge in [0.25, 0.3) is 0 Å². The van der Waals surface area contributed by atoms with Crippen molar-refractivity contribution in [3.63, 3.8) is 0 Å². The number of nitrogens with two attached hydrogens (primary N) is 1. The highest BCUT2D eigenvalue weighted by atomic mass is 32.2. The number of benzene rings is 2. The number of ether oxygens (including phenoxy) is 1. The second kappa shape index (κ2) is 11.4. The largest absolute Gasteiger partial charge is 0.377 e. The standard InChI is InChI=1S/C26H30N6O3S/c1-17-15-35-13-12-32(17)24-14-21(16-36-23-10-6-20(7-11-23)28-18(2)33)29-25(30-24)19-4-8-22(9-5-19)31(3)26(27)34/h4-11,14,17H,12-13,15-16H2,1-3H3,(H2,27,34)(H,28,33)/t17-/m0/s1. The number of urea groups is 1. The van der Waals surface area contributed by atoms with Crippen LogP contribution in [0.1, 0.15) is 19.5 Å². The minimum Gasteiger partial charge on any atom is -0.377 e. The van der Waals surface area contributed by atoms with Crippen LogP contribution in [0.15, 0.2) is 59.5 Å². The van der Waals surface area contributed by atoms with Gasteiger partial charge in [-0.05, 0) is 55.5 Å². The third kappa shape index (κ3) is 6.32. The maximum atomic E-state index is 11.5. The first-order valence-corrected chi connectivity index (χ1v) is 12.6. The first-order chi connectivity index (χ1) is 17.3. The molecule has 36 heavy (non-hydrogen) atoms. The van der Waals surface area contributed by atoms with Gasteiger partial charge in [0.15, 0.2) is 5.82 Å². The molecule has 10 heteroatoms. The molecule has 2 aromatic carbocycles. The Labute approximate surface area is 215 Å². The lowest BCUT2D eigenvalue weighted by Crippen LogP contribution is -2.44. The van der Waals surface area contributed by atoms with Gasteiger partial charge < -0.3 is 20.7 Å². The number of morpholine rings is 1. The van der Waals surface area contributed by atoms with Crippen LogP contribution in [0.3, 0.4) is 0 Å². The number of amides is 3. The van der Waals surface area contributed by atoms with Gasteiger partial charge in [0.05, 0.1) is 24.9 Å². The molecule has 3 aromatic rings. The summed E-state index contributed by atoms with van der Waals surface area (Å²) in [6.45, 7) is 5.68. The Bertz CT molecular complexity index is 1220. The molecule has 0 radical (unpaired) electrons. The summed E-state index contributed by atoms with van der Waals surface area (Å²) < 4.78 is 5.61. The maximum Gasteiger partial charge on any atom is 0.318 e. The summed E-state index contributed by atoms with van der Waals surface area (Å²) in [6.07, 6.45) is 0. The molecule has 0 saturated carbocycles. The summed E-state index contributed by atoms with van der Waals surface area (Å²) >= 11 is 1.67.